The molecule has 0 N–H and O–H groups in total. The van der Waals surface area contributed by atoms with Crippen molar-refractivity contribution in [3.8, 4) is 0 Å². The molecule has 6 nitrogen and oxygen atoms in total. The first kappa shape index (κ1) is 17.7. The molecule has 0 spiro atoms. The van der Waals surface area contributed by atoms with Crippen LogP contribution in [0.1, 0.15) is 19.4 Å². The summed E-state index contributed by atoms with van der Waals surface area (Å²) in [6, 6.07) is 8.59. The second-order valence-corrected chi connectivity index (χ2v) is 4.60. The van der Waals surface area contributed by atoms with Gasteiger partial charge in [0.05, 0.1) is 0 Å². The fourth-order valence-corrected chi connectivity index (χ4v) is 1.87. The molecule has 1 aromatic rings. The molecule has 1 rings (SSSR count). The van der Waals surface area contributed by atoms with Crippen LogP contribution < -0.4 is 0 Å². The summed E-state index contributed by atoms with van der Waals surface area (Å²) in [5, 5.41) is 0. The SMILES string of the molecule is CCOC(=O)CN(Cc1ccccc1)C(=O)C(C)N=CB=O. The maximum atomic E-state index is 12.4. The van der Waals surface area contributed by atoms with E-state index >= 15 is 0 Å². The molecule has 1 amide bonds. The predicted molar refractivity (Wildman–Crippen MR) is 82.9 cm³/mol. The number of rotatable bonds is 8. The molecule has 0 aliphatic rings. The number of esters is 1. The number of hydrogen-bond acceptors (Lipinski definition) is 5. The van der Waals surface area contributed by atoms with Gasteiger partial charge in [0.25, 0.3) is 0 Å². The zero-order chi connectivity index (χ0) is 16.4. The van der Waals surface area contributed by atoms with Crippen molar-refractivity contribution >= 4 is 25.1 Å². The number of nitrogens with zero attached hydrogens (tertiary/aromatic N) is 2. The van der Waals surface area contributed by atoms with Gasteiger partial charge in [0.2, 0.25) is 0 Å². The molecule has 1 atom stereocenters. The van der Waals surface area contributed by atoms with Crippen LogP contribution in [0, 0.1) is 0 Å². The van der Waals surface area contributed by atoms with Crippen LogP contribution in [0.2, 0.25) is 0 Å². The second-order valence-electron chi connectivity index (χ2n) is 4.60. The van der Waals surface area contributed by atoms with Crippen LogP contribution in [0.3, 0.4) is 0 Å². The standard InChI is InChI=1S/C15H19BN2O4/c1-3-22-14(19)10-18(9-13-7-5-4-6-8-13)15(20)12(2)17-11-16-21/h4-8,11-12H,3,9-10H2,1-2H3. The Morgan fingerprint density at radius 1 is 1.36 bits per heavy atom. The van der Waals surface area contributed by atoms with E-state index in [9.17, 15) is 14.3 Å². The molecule has 22 heavy (non-hydrogen) atoms. The maximum absolute atomic E-state index is 12.4. The monoisotopic (exact) mass is 302 g/mol. The van der Waals surface area contributed by atoms with Gasteiger partial charge in [0, 0.05) is 0 Å². The zero-order valence-corrected chi connectivity index (χ0v) is 12.8. The summed E-state index contributed by atoms with van der Waals surface area (Å²) in [5.74, 6) is -0.812. The summed E-state index contributed by atoms with van der Waals surface area (Å²) < 4.78 is 15.2. The second kappa shape index (κ2) is 9.60. The van der Waals surface area contributed by atoms with Crippen molar-refractivity contribution in [3.63, 3.8) is 0 Å². The normalized spacial score (nSPS) is 11.7. The molecule has 0 radical (unpaired) electrons. The molecule has 1 unspecified atom stereocenters. The van der Waals surface area contributed by atoms with Crippen molar-refractivity contribution in [1.29, 1.82) is 0 Å². The van der Waals surface area contributed by atoms with Gasteiger partial charge in [-0.3, -0.25) is 0 Å². The number of benzene rings is 1. The average Bonchev–Trinajstić information content (AvgIpc) is 2.52. The average molecular weight is 302 g/mol. The first-order valence-corrected chi connectivity index (χ1v) is 7.03. The molecule has 0 aromatic heterocycles. The topological polar surface area (TPSA) is 76.0 Å². The Labute approximate surface area is 130 Å². The molecule has 7 heteroatoms. The Morgan fingerprint density at radius 3 is 2.64 bits per heavy atom. The molecule has 0 heterocycles. The molecule has 0 bridgehead atoms. The van der Waals surface area contributed by atoms with Gasteiger partial charge in [-0.2, -0.15) is 0 Å². The first-order chi connectivity index (χ1) is 10.6. The summed E-state index contributed by atoms with van der Waals surface area (Å²) >= 11 is 0. The summed E-state index contributed by atoms with van der Waals surface area (Å²) in [5.41, 5.74) is 0.895. The van der Waals surface area contributed by atoms with E-state index in [2.05, 4.69) is 4.99 Å². The zero-order valence-electron chi connectivity index (χ0n) is 12.8. The van der Waals surface area contributed by atoms with Crippen molar-refractivity contribution in [2.75, 3.05) is 13.2 Å². The number of amides is 1. The van der Waals surface area contributed by atoms with Crippen molar-refractivity contribution in [2.24, 2.45) is 4.99 Å². The molecule has 0 aliphatic carbocycles. The van der Waals surface area contributed by atoms with Crippen LogP contribution in [-0.2, 0) is 25.6 Å². The van der Waals surface area contributed by atoms with E-state index in [0.717, 1.165) is 11.7 Å². The van der Waals surface area contributed by atoms with Gasteiger partial charge in [0.15, 0.2) is 0 Å². The Balaban J connectivity index is 2.85. The van der Waals surface area contributed by atoms with E-state index in [1.807, 2.05) is 30.3 Å². The fraction of sp³-hybridized carbons (Fsp3) is 0.400. The summed E-state index contributed by atoms with van der Waals surface area (Å²) in [7, 11) is 0.511. The third kappa shape index (κ3) is 5.99. The van der Waals surface area contributed by atoms with Crippen LogP contribution in [0.25, 0.3) is 0 Å². The van der Waals surface area contributed by atoms with Crippen molar-refractivity contribution < 1.29 is 19.0 Å². The molecule has 116 valence electrons. The van der Waals surface area contributed by atoms with Gasteiger partial charge in [-0.1, -0.05) is 0 Å². The Kier molecular flexibility index (Phi) is 7.74. The molecular formula is C15H19BN2O4. The van der Waals surface area contributed by atoms with E-state index in [0.29, 0.717) is 7.15 Å². The van der Waals surface area contributed by atoms with Crippen LogP contribution in [0.4, 0.5) is 0 Å². The van der Waals surface area contributed by atoms with Crippen LogP contribution in [-0.4, -0.2) is 49.2 Å². The summed E-state index contributed by atoms with van der Waals surface area (Å²) in [6.45, 7) is 3.66. The number of carbonyl (C=O) groups is 2. The number of aliphatic imine (C=N–C) groups is 1. The van der Waals surface area contributed by atoms with Crippen LogP contribution in [0.15, 0.2) is 35.3 Å². The quantitative estimate of drug-likeness (QED) is 0.408. The third-order valence-electron chi connectivity index (χ3n) is 2.88. The number of ether oxygens (including phenoxy) is 1. The van der Waals surface area contributed by atoms with Crippen LogP contribution >= 0.6 is 0 Å². The predicted octanol–water partition coefficient (Wildman–Crippen LogP) is 1.04. The van der Waals surface area contributed by atoms with Gasteiger partial charge >= 0.3 is 130 Å². The van der Waals surface area contributed by atoms with Crippen LogP contribution in [0.5, 0.6) is 0 Å². The molecule has 0 saturated heterocycles. The molecule has 0 aliphatic heterocycles. The van der Waals surface area contributed by atoms with E-state index in [-0.39, 0.29) is 25.6 Å². The van der Waals surface area contributed by atoms with Crippen molar-refractivity contribution in [3.05, 3.63) is 35.9 Å². The van der Waals surface area contributed by atoms with Gasteiger partial charge in [-0.25, -0.2) is 0 Å². The molecule has 1 aromatic carbocycles. The molecular weight excluding hydrogens is 283 g/mol. The van der Waals surface area contributed by atoms with E-state index < -0.39 is 12.0 Å². The van der Waals surface area contributed by atoms with Crippen molar-refractivity contribution in [2.45, 2.75) is 26.4 Å². The number of carbonyl (C=O) groups excluding carboxylic acids is 2. The Morgan fingerprint density at radius 2 is 2.05 bits per heavy atom. The molecule has 0 fully saturated rings. The van der Waals surface area contributed by atoms with Crippen molar-refractivity contribution in [1.82, 2.24) is 4.90 Å². The Hall–Kier alpha value is -2.31. The van der Waals surface area contributed by atoms with E-state index in [1.165, 1.54) is 4.90 Å². The summed E-state index contributed by atoms with van der Waals surface area (Å²) in [6.07, 6.45) is 1.04. The minimum atomic E-state index is -0.733. The summed E-state index contributed by atoms with van der Waals surface area (Å²) in [4.78, 5) is 29.3. The van der Waals surface area contributed by atoms with Gasteiger partial charge in [-0.05, 0) is 0 Å². The van der Waals surface area contributed by atoms with E-state index in [4.69, 9.17) is 4.74 Å². The fourth-order valence-electron chi connectivity index (χ4n) is 1.87. The van der Waals surface area contributed by atoms with Gasteiger partial charge in [0.1, 0.15) is 0 Å². The third-order valence-corrected chi connectivity index (χ3v) is 2.88. The van der Waals surface area contributed by atoms with Gasteiger partial charge < -0.3 is 0 Å². The molecule has 0 saturated carbocycles. The Bertz CT molecular complexity index is 534. The minimum absolute atomic E-state index is 0.150. The van der Waals surface area contributed by atoms with Gasteiger partial charge in [-0.15, -0.1) is 0 Å². The number of hydrogen-bond donors (Lipinski definition) is 0. The van der Waals surface area contributed by atoms with E-state index in [1.54, 1.807) is 13.8 Å². The first-order valence-electron chi connectivity index (χ1n) is 7.03.